The lowest BCUT2D eigenvalue weighted by Crippen LogP contribution is -2.47. The van der Waals surface area contributed by atoms with E-state index < -0.39 is 23.7 Å². The summed E-state index contributed by atoms with van der Waals surface area (Å²) in [5.41, 5.74) is 7.03. The minimum Gasteiger partial charge on any atom is -0.481 e. The predicted molar refractivity (Wildman–Crippen MR) is 103 cm³/mol. The summed E-state index contributed by atoms with van der Waals surface area (Å²) in [4.78, 5) is 38.1. The van der Waals surface area contributed by atoms with Gasteiger partial charge in [-0.25, -0.2) is 0 Å². The van der Waals surface area contributed by atoms with Gasteiger partial charge in [-0.2, -0.15) is 0 Å². The molecule has 0 spiro atoms. The molecule has 1 aromatic rings. The summed E-state index contributed by atoms with van der Waals surface area (Å²) in [6, 6.07) is 0. The number of primary amides is 1. The SMILES string of the molecule is NC(=O)c1c(NC(=O)[C@@H]2[C@@H](C(=O)O)[C@H]3C=C[C@H]2CC3)sc2c1CCCCC2. The third-order valence-corrected chi connectivity index (χ3v) is 7.45. The molecule has 4 atom stereocenters. The van der Waals surface area contributed by atoms with E-state index >= 15 is 0 Å². The average molecular weight is 388 g/mol. The quantitative estimate of drug-likeness (QED) is 0.544. The molecule has 27 heavy (non-hydrogen) atoms. The standard InChI is InChI=1S/C20H24N2O4S/c21-17(23)16-12-4-2-1-3-5-13(12)27-19(16)22-18(24)14-10-6-8-11(9-7-10)15(14)20(25)26/h6,8,10-11,14-15H,1-5,7,9H2,(H2,21,23)(H,22,24)(H,25,26)/t10-,11-,14-,15-/m0/s1. The van der Waals surface area contributed by atoms with Crippen molar-refractivity contribution in [2.24, 2.45) is 29.4 Å². The first-order chi connectivity index (χ1) is 13.0. The van der Waals surface area contributed by atoms with E-state index in [0.717, 1.165) is 55.4 Å². The van der Waals surface area contributed by atoms with Crippen molar-refractivity contribution >= 4 is 34.1 Å². The van der Waals surface area contributed by atoms with Crippen LogP contribution >= 0.6 is 11.3 Å². The van der Waals surface area contributed by atoms with Crippen LogP contribution in [0.1, 0.15) is 52.9 Å². The van der Waals surface area contributed by atoms with Crippen molar-refractivity contribution in [1.29, 1.82) is 0 Å². The number of allylic oxidation sites excluding steroid dienone is 2. The van der Waals surface area contributed by atoms with Gasteiger partial charge in [-0.1, -0.05) is 18.6 Å². The third-order valence-electron chi connectivity index (χ3n) is 6.24. The molecule has 144 valence electrons. The second-order valence-corrected chi connectivity index (χ2v) is 8.91. The summed E-state index contributed by atoms with van der Waals surface area (Å²) in [6.07, 6.45) is 10.5. The molecule has 0 saturated heterocycles. The maximum atomic E-state index is 13.1. The van der Waals surface area contributed by atoms with Crippen LogP contribution in [-0.2, 0) is 22.4 Å². The molecule has 6 nitrogen and oxygen atoms in total. The van der Waals surface area contributed by atoms with Crippen molar-refractivity contribution in [3.63, 3.8) is 0 Å². The highest BCUT2D eigenvalue weighted by molar-refractivity contribution is 7.17. The Hall–Kier alpha value is -2.15. The number of carbonyl (C=O) groups excluding carboxylic acids is 2. The van der Waals surface area contributed by atoms with E-state index in [9.17, 15) is 19.5 Å². The molecule has 0 aliphatic heterocycles. The van der Waals surface area contributed by atoms with E-state index in [1.165, 1.54) is 11.3 Å². The van der Waals surface area contributed by atoms with Gasteiger partial charge in [0.1, 0.15) is 5.00 Å². The zero-order chi connectivity index (χ0) is 19.1. The molecule has 1 saturated carbocycles. The molecule has 0 aromatic carbocycles. The molecular weight excluding hydrogens is 364 g/mol. The molecule has 1 fully saturated rings. The summed E-state index contributed by atoms with van der Waals surface area (Å²) in [6.45, 7) is 0. The van der Waals surface area contributed by atoms with Crippen LogP contribution in [-0.4, -0.2) is 22.9 Å². The number of rotatable bonds is 4. The Morgan fingerprint density at radius 3 is 2.33 bits per heavy atom. The number of hydrogen-bond acceptors (Lipinski definition) is 4. The zero-order valence-electron chi connectivity index (χ0n) is 15.1. The molecular formula is C20H24N2O4S. The van der Waals surface area contributed by atoms with Crippen LogP contribution in [0.3, 0.4) is 0 Å². The van der Waals surface area contributed by atoms with Crippen molar-refractivity contribution in [3.8, 4) is 0 Å². The van der Waals surface area contributed by atoms with Crippen LogP contribution in [0.4, 0.5) is 5.00 Å². The van der Waals surface area contributed by atoms with Crippen LogP contribution in [0.25, 0.3) is 0 Å². The fourth-order valence-corrected chi connectivity index (χ4v) is 6.27. The first-order valence-electron chi connectivity index (χ1n) is 9.63. The molecule has 1 heterocycles. The van der Waals surface area contributed by atoms with Crippen molar-refractivity contribution in [3.05, 3.63) is 28.2 Å². The van der Waals surface area contributed by atoms with Crippen molar-refractivity contribution in [1.82, 2.24) is 0 Å². The molecule has 0 unspecified atom stereocenters. The van der Waals surface area contributed by atoms with E-state index in [0.29, 0.717) is 10.6 Å². The Kier molecular flexibility index (Phi) is 4.80. The molecule has 4 aliphatic carbocycles. The number of carboxylic acid groups (broad SMARTS) is 1. The maximum Gasteiger partial charge on any atom is 0.307 e. The number of aliphatic carboxylic acids is 1. The Morgan fingerprint density at radius 2 is 1.70 bits per heavy atom. The molecule has 2 bridgehead atoms. The van der Waals surface area contributed by atoms with Gasteiger partial charge >= 0.3 is 5.97 Å². The molecule has 5 rings (SSSR count). The third kappa shape index (κ3) is 3.18. The van der Waals surface area contributed by atoms with Crippen LogP contribution in [0.2, 0.25) is 0 Å². The number of nitrogens with one attached hydrogen (secondary N) is 1. The van der Waals surface area contributed by atoms with Gasteiger partial charge in [-0.3, -0.25) is 14.4 Å². The Balaban J connectivity index is 1.64. The van der Waals surface area contributed by atoms with Gasteiger partial charge in [-0.05, 0) is 55.9 Å². The van der Waals surface area contributed by atoms with Crippen LogP contribution in [0, 0.1) is 23.7 Å². The van der Waals surface area contributed by atoms with Gasteiger partial charge in [0.15, 0.2) is 0 Å². The molecule has 1 aromatic heterocycles. The number of fused-ring (bicyclic) bond motifs is 3. The first-order valence-corrected chi connectivity index (χ1v) is 10.5. The minimum absolute atomic E-state index is 0.0640. The minimum atomic E-state index is -0.925. The number of aryl methyl sites for hydroxylation is 1. The van der Waals surface area contributed by atoms with Gasteiger partial charge in [0, 0.05) is 4.88 Å². The van der Waals surface area contributed by atoms with E-state index in [2.05, 4.69) is 5.32 Å². The van der Waals surface area contributed by atoms with Gasteiger partial charge in [0.25, 0.3) is 5.91 Å². The highest BCUT2D eigenvalue weighted by atomic mass is 32.1. The fraction of sp³-hybridized carbons (Fsp3) is 0.550. The van der Waals surface area contributed by atoms with E-state index in [1.54, 1.807) is 0 Å². The van der Waals surface area contributed by atoms with Gasteiger partial charge in [-0.15, -0.1) is 11.3 Å². The average Bonchev–Trinajstić information content (AvgIpc) is 2.82. The number of anilines is 1. The molecule has 4 aliphatic rings. The topological polar surface area (TPSA) is 109 Å². The number of thiophene rings is 1. The van der Waals surface area contributed by atoms with Crippen molar-refractivity contribution in [2.45, 2.75) is 44.9 Å². The van der Waals surface area contributed by atoms with Crippen molar-refractivity contribution < 1.29 is 19.5 Å². The van der Waals surface area contributed by atoms with E-state index in [-0.39, 0.29) is 17.7 Å². The summed E-state index contributed by atoms with van der Waals surface area (Å²) >= 11 is 1.43. The fourth-order valence-electron chi connectivity index (χ4n) is 4.97. The van der Waals surface area contributed by atoms with Crippen LogP contribution < -0.4 is 11.1 Å². The predicted octanol–water partition coefficient (Wildman–Crippen LogP) is 2.97. The molecule has 7 heteroatoms. The second kappa shape index (κ2) is 7.11. The number of carbonyl (C=O) groups is 3. The molecule has 2 amide bonds. The van der Waals surface area contributed by atoms with Crippen molar-refractivity contribution in [2.75, 3.05) is 5.32 Å². The highest BCUT2D eigenvalue weighted by Crippen LogP contribution is 2.46. The summed E-state index contributed by atoms with van der Waals surface area (Å²) in [5.74, 6) is -3.22. The first kappa shape index (κ1) is 18.2. The maximum absolute atomic E-state index is 13.1. The smallest absolute Gasteiger partial charge is 0.307 e. The normalized spacial score (nSPS) is 29.0. The lowest BCUT2D eigenvalue weighted by atomic mass is 9.62. The lowest BCUT2D eigenvalue weighted by Gasteiger charge is -2.41. The van der Waals surface area contributed by atoms with Crippen LogP contribution in [0.5, 0.6) is 0 Å². The van der Waals surface area contributed by atoms with E-state index in [4.69, 9.17) is 5.73 Å². The molecule has 0 radical (unpaired) electrons. The second-order valence-electron chi connectivity index (χ2n) is 7.80. The monoisotopic (exact) mass is 388 g/mol. The number of carboxylic acids is 1. The Morgan fingerprint density at radius 1 is 1.04 bits per heavy atom. The molecule has 4 N–H and O–H groups in total. The number of nitrogens with two attached hydrogens (primary N) is 1. The summed E-state index contributed by atoms with van der Waals surface area (Å²) < 4.78 is 0. The largest absolute Gasteiger partial charge is 0.481 e. The zero-order valence-corrected chi connectivity index (χ0v) is 15.9. The van der Waals surface area contributed by atoms with Gasteiger partial charge < -0.3 is 16.2 Å². The van der Waals surface area contributed by atoms with E-state index in [1.807, 2.05) is 12.2 Å². The van der Waals surface area contributed by atoms with Gasteiger partial charge in [0.2, 0.25) is 5.91 Å². The highest BCUT2D eigenvalue weighted by Gasteiger charge is 2.48. The number of amides is 2. The number of hydrogen-bond donors (Lipinski definition) is 3. The Labute approximate surface area is 161 Å². The Bertz CT molecular complexity index is 828. The van der Waals surface area contributed by atoms with Gasteiger partial charge in [0.05, 0.1) is 17.4 Å². The summed E-state index contributed by atoms with van der Waals surface area (Å²) in [7, 11) is 0. The summed E-state index contributed by atoms with van der Waals surface area (Å²) in [5, 5.41) is 13.1. The lowest BCUT2D eigenvalue weighted by molar-refractivity contribution is -0.151. The van der Waals surface area contributed by atoms with Crippen LogP contribution in [0.15, 0.2) is 12.2 Å².